The topological polar surface area (TPSA) is 36.9 Å². The monoisotopic (exact) mass is 322 g/mol. The van der Waals surface area contributed by atoms with Gasteiger partial charge in [0.05, 0.1) is 22.4 Å². The molecule has 0 aromatic carbocycles. The summed E-state index contributed by atoms with van der Waals surface area (Å²) in [6, 6.07) is 0. The molecule has 2 rings (SSSR count). The van der Waals surface area contributed by atoms with Crippen LogP contribution in [0.1, 0.15) is 75.2 Å². The van der Waals surface area contributed by atoms with Gasteiger partial charge >= 0.3 is 14.2 Å². The summed E-state index contributed by atoms with van der Waals surface area (Å²) in [5, 5.41) is 0. The molecule has 0 bridgehead atoms. The summed E-state index contributed by atoms with van der Waals surface area (Å²) >= 11 is 0. The van der Waals surface area contributed by atoms with Gasteiger partial charge in [-0.05, 0) is 67.3 Å². The van der Waals surface area contributed by atoms with Crippen molar-refractivity contribution in [2.75, 3.05) is 0 Å². The molecule has 0 aromatic heterocycles. The van der Waals surface area contributed by atoms with Crippen LogP contribution in [-0.2, 0) is 18.6 Å². The largest absolute Gasteiger partial charge is 0.489 e. The highest BCUT2D eigenvalue weighted by Gasteiger charge is 2.54. The van der Waals surface area contributed by atoms with Gasteiger partial charge < -0.3 is 18.6 Å². The third-order valence-corrected chi connectivity index (χ3v) is 5.72. The molecule has 6 heteroatoms. The molecule has 0 atom stereocenters. The standard InChI is InChI=1S/C17H32B2O4/c1-10-11-13(19-22-16(6,7)17(8,9)23-19)12-18-20-14(2,3)15(4,5)21-18/h12H,10-11H2,1-9H3. The molecule has 0 spiro atoms. The van der Waals surface area contributed by atoms with Gasteiger partial charge in [-0.1, -0.05) is 19.3 Å². The number of hydrogen-bond donors (Lipinski definition) is 0. The van der Waals surface area contributed by atoms with Gasteiger partial charge in [0, 0.05) is 0 Å². The molecule has 2 aliphatic rings. The smallest absolute Gasteiger partial charge is 0.400 e. The van der Waals surface area contributed by atoms with Crippen LogP contribution in [0.5, 0.6) is 0 Å². The van der Waals surface area contributed by atoms with Gasteiger partial charge in [0.15, 0.2) is 0 Å². The Hall–Kier alpha value is -0.290. The highest BCUT2D eigenvalue weighted by molar-refractivity contribution is 6.60. The van der Waals surface area contributed by atoms with E-state index in [1.54, 1.807) is 0 Å². The first-order valence-electron chi connectivity index (χ1n) is 8.73. The van der Waals surface area contributed by atoms with Crippen LogP contribution >= 0.6 is 0 Å². The van der Waals surface area contributed by atoms with Crippen LogP contribution in [0, 0.1) is 0 Å². The van der Waals surface area contributed by atoms with Crippen molar-refractivity contribution in [3.8, 4) is 0 Å². The number of rotatable bonds is 4. The second-order valence-corrected chi connectivity index (χ2v) is 8.70. The molecule has 0 saturated carbocycles. The minimum Gasteiger partial charge on any atom is -0.400 e. The lowest BCUT2D eigenvalue weighted by Gasteiger charge is -2.32. The summed E-state index contributed by atoms with van der Waals surface area (Å²) in [5.74, 6) is 2.04. The van der Waals surface area contributed by atoms with Crippen molar-refractivity contribution in [3.05, 3.63) is 11.4 Å². The molecular formula is C17H32B2O4. The molecule has 130 valence electrons. The molecule has 0 N–H and O–H groups in total. The maximum Gasteiger partial charge on any atom is 0.489 e. The van der Waals surface area contributed by atoms with E-state index in [0.29, 0.717) is 0 Å². The lowest BCUT2D eigenvalue weighted by molar-refractivity contribution is 0.00578. The highest BCUT2D eigenvalue weighted by Crippen LogP contribution is 2.41. The molecule has 23 heavy (non-hydrogen) atoms. The third kappa shape index (κ3) is 3.55. The first-order valence-corrected chi connectivity index (χ1v) is 8.73. The fraction of sp³-hybridized carbons (Fsp3) is 0.882. The average molecular weight is 322 g/mol. The molecule has 2 fully saturated rings. The molecule has 0 aromatic rings. The van der Waals surface area contributed by atoms with Crippen LogP contribution in [0.15, 0.2) is 11.4 Å². The Kier molecular flexibility index (Phi) is 4.89. The fourth-order valence-electron chi connectivity index (χ4n) is 2.69. The van der Waals surface area contributed by atoms with E-state index in [1.807, 2.05) is 5.98 Å². The van der Waals surface area contributed by atoms with Crippen molar-refractivity contribution in [3.63, 3.8) is 0 Å². The molecule has 0 radical (unpaired) electrons. The van der Waals surface area contributed by atoms with E-state index < -0.39 is 0 Å². The molecule has 0 amide bonds. The van der Waals surface area contributed by atoms with E-state index >= 15 is 0 Å². The van der Waals surface area contributed by atoms with Crippen LogP contribution < -0.4 is 0 Å². The van der Waals surface area contributed by atoms with Gasteiger partial charge in [0.25, 0.3) is 0 Å². The Balaban J connectivity index is 2.21. The van der Waals surface area contributed by atoms with Gasteiger partial charge in [-0.2, -0.15) is 0 Å². The normalized spacial score (nSPS) is 28.5. The zero-order valence-electron chi connectivity index (χ0n) is 16.3. The second kappa shape index (κ2) is 5.90. The van der Waals surface area contributed by atoms with Crippen molar-refractivity contribution in [2.24, 2.45) is 0 Å². The summed E-state index contributed by atoms with van der Waals surface area (Å²) in [6.07, 6.45) is 1.93. The zero-order valence-corrected chi connectivity index (χ0v) is 16.3. The van der Waals surface area contributed by atoms with E-state index in [2.05, 4.69) is 62.3 Å². The average Bonchev–Trinajstić information content (AvgIpc) is 2.68. The first kappa shape index (κ1) is 19.0. The van der Waals surface area contributed by atoms with Gasteiger partial charge in [-0.3, -0.25) is 0 Å². The molecule has 0 aliphatic carbocycles. The van der Waals surface area contributed by atoms with Gasteiger partial charge in [0.1, 0.15) is 0 Å². The maximum atomic E-state index is 6.19. The van der Waals surface area contributed by atoms with Crippen LogP contribution in [0.4, 0.5) is 0 Å². The van der Waals surface area contributed by atoms with Crippen molar-refractivity contribution in [1.29, 1.82) is 0 Å². The van der Waals surface area contributed by atoms with E-state index in [-0.39, 0.29) is 36.6 Å². The Morgan fingerprint density at radius 2 is 1.13 bits per heavy atom. The molecule has 2 saturated heterocycles. The minimum atomic E-state index is -0.361. The van der Waals surface area contributed by atoms with Gasteiger partial charge in [-0.25, -0.2) is 0 Å². The lowest BCUT2D eigenvalue weighted by atomic mass is 9.69. The van der Waals surface area contributed by atoms with E-state index in [1.165, 1.54) is 0 Å². The predicted molar refractivity (Wildman–Crippen MR) is 95.2 cm³/mol. The lowest BCUT2D eigenvalue weighted by Crippen LogP contribution is -2.41. The maximum absolute atomic E-state index is 6.19. The van der Waals surface area contributed by atoms with Crippen LogP contribution in [-0.4, -0.2) is 36.6 Å². The number of hydrogen-bond acceptors (Lipinski definition) is 4. The molecule has 2 heterocycles. The Morgan fingerprint density at radius 3 is 1.52 bits per heavy atom. The predicted octanol–water partition coefficient (Wildman–Crippen LogP) is 3.98. The number of allylic oxidation sites excluding steroid dienone is 1. The zero-order chi connectivity index (χ0) is 17.7. The summed E-state index contributed by atoms with van der Waals surface area (Å²) in [5.41, 5.74) is -0.228. The van der Waals surface area contributed by atoms with Crippen LogP contribution in [0.2, 0.25) is 0 Å². The second-order valence-electron chi connectivity index (χ2n) is 8.70. The highest BCUT2D eigenvalue weighted by atomic mass is 16.7. The summed E-state index contributed by atoms with van der Waals surface area (Å²) in [6.45, 7) is 18.7. The summed E-state index contributed by atoms with van der Waals surface area (Å²) < 4.78 is 24.6. The van der Waals surface area contributed by atoms with E-state index in [0.717, 1.165) is 18.3 Å². The van der Waals surface area contributed by atoms with E-state index in [4.69, 9.17) is 18.6 Å². The van der Waals surface area contributed by atoms with Crippen molar-refractivity contribution in [2.45, 2.75) is 97.6 Å². The van der Waals surface area contributed by atoms with E-state index in [9.17, 15) is 0 Å². The van der Waals surface area contributed by atoms with Gasteiger partial charge in [-0.15, -0.1) is 0 Å². The minimum absolute atomic E-state index is 0.332. The van der Waals surface area contributed by atoms with Crippen molar-refractivity contribution >= 4 is 14.2 Å². The van der Waals surface area contributed by atoms with Gasteiger partial charge in [0.2, 0.25) is 0 Å². The summed E-state index contributed by atoms with van der Waals surface area (Å²) in [7, 11) is -0.695. The molecule has 0 unspecified atom stereocenters. The summed E-state index contributed by atoms with van der Waals surface area (Å²) in [4.78, 5) is 0. The van der Waals surface area contributed by atoms with Crippen molar-refractivity contribution in [1.82, 2.24) is 0 Å². The van der Waals surface area contributed by atoms with Crippen LogP contribution in [0.25, 0.3) is 0 Å². The van der Waals surface area contributed by atoms with Crippen molar-refractivity contribution < 1.29 is 18.6 Å². The SMILES string of the molecule is CCCC(=CB1OC(C)(C)C(C)(C)O1)B1OC(C)(C)C(C)(C)O1. The fourth-order valence-corrected chi connectivity index (χ4v) is 2.69. The quantitative estimate of drug-likeness (QED) is 0.734. The molecule has 4 nitrogen and oxygen atoms in total. The Morgan fingerprint density at radius 1 is 0.739 bits per heavy atom. The molecule has 2 aliphatic heterocycles. The third-order valence-electron chi connectivity index (χ3n) is 5.72. The Labute approximate surface area is 142 Å². The first-order chi connectivity index (χ1) is 10.3. The van der Waals surface area contributed by atoms with Crippen LogP contribution in [0.3, 0.4) is 0 Å². The Bertz CT molecular complexity index is 451. The molecular weight excluding hydrogens is 290 g/mol.